The van der Waals surface area contributed by atoms with Crippen molar-refractivity contribution in [2.45, 2.75) is 70.0 Å². The molecule has 2 unspecified atom stereocenters. The minimum absolute atomic E-state index is 0.192. The predicted octanol–water partition coefficient (Wildman–Crippen LogP) is 2.41. The van der Waals surface area contributed by atoms with Crippen molar-refractivity contribution in [3.63, 3.8) is 0 Å². The number of nitrogens with one attached hydrogen (secondary N) is 1. The van der Waals surface area contributed by atoms with E-state index in [1.165, 1.54) is 38.5 Å². The maximum absolute atomic E-state index is 5.67. The van der Waals surface area contributed by atoms with Gasteiger partial charge in [-0.3, -0.25) is 4.90 Å². The SMILES string of the molecule is CNC1CCCCCCC1N1CCOCC1(C)C. The molecule has 0 aromatic carbocycles. The van der Waals surface area contributed by atoms with Crippen molar-refractivity contribution in [2.75, 3.05) is 26.8 Å². The molecule has 0 bridgehead atoms. The molecular weight excluding hydrogens is 224 g/mol. The van der Waals surface area contributed by atoms with Gasteiger partial charge in [0.25, 0.3) is 0 Å². The molecule has 0 spiro atoms. The van der Waals surface area contributed by atoms with Crippen molar-refractivity contribution in [1.29, 1.82) is 0 Å². The molecule has 1 aliphatic heterocycles. The van der Waals surface area contributed by atoms with Crippen LogP contribution in [0.2, 0.25) is 0 Å². The first kappa shape index (κ1) is 14.3. The summed E-state index contributed by atoms with van der Waals surface area (Å²) >= 11 is 0. The summed E-state index contributed by atoms with van der Waals surface area (Å²) in [5.41, 5.74) is 0.192. The average molecular weight is 254 g/mol. The van der Waals surface area contributed by atoms with Gasteiger partial charge in [-0.2, -0.15) is 0 Å². The topological polar surface area (TPSA) is 24.5 Å². The van der Waals surface area contributed by atoms with Crippen LogP contribution in [0.4, 0.5) is 0 Å². The second-order valence-electron chi connectivity index (χ2n) is 6.51. The number of hydrogen-bond donors (Lipinski definition) is 1. The first-order valence-corrected chi connectivity index (χ1v) is 7.67. The van der Waals surface area contributed by atoms with Crippen molar-refractivity contribution in [3.8, 4) is 0 Å². The number of morpholine rings is 1. The number of nitrogens with zero attached hydrogens (tertiary/aromatic N) is 1. The summed E-state index contributed by atoms with van der Waals surface area (Å²) in [4.78, 5) is 2.71. The molecule has 2 atom stereocenters. The fourth-order valence-corrected chi connectivity index (χ4v) is 3.66. The second kappa shape index (κ2) is 6.36. The van der Waals surface area contributed by atoms with E-state index >= 15 is 0 Å². The van der Waals surface area contributed by atoms with Crippen LogP contribution >= 0.6 is 0 Å². The van der Waals surface area contributed by atoms with E-state index in [-0.39, 0.29) is 5.54 Å². The smallest absolute Gasteiger partial charge is 0.0645 e. The Labute approximate surface area is 112 Å². The normalized spacial score (nSPS) is 34.8. The third kappa shape index (κ3) is 3.25. The molecule has 1 saturated heterocycles. The monoisotopic (exact) mass is 254 g/mol. The van der Waals surface area contributed by atoms with Gasteiger partial charge in [-0.1, -0.05) is 25.7 Å². The molecule has 0 amide bonds. The van der Waals surface area contributed by atoms with E-state index in [1.807, 2.05) is 0 Å². The second-order valence-corrected chi connectivity index (χ2v) is 6.51. The van der Waals surface area contributed by atoms with Crippen molar-refractivity contribution in [1.82, 2.24) is 10.2 Å². The molecule has 0 radical (unpaired) electrons. The van der Waals surface area contributed by atoms with Gasteiger partial charge < -0.3 is 10.1 Å². The fraction of sp³-hybridized carbons (Fsp3) is 1.00. The summed E-state index contributed by atoms with van der Waals surface area (Å²) in [7, 11) is 2.13. The van der Waals surface area contributed by atoms with Crippen LogP contribution in [0.3, 0.4) is 0 Å². The van der Waals surface area contributed by atoms with Gasteiger partial charge in [-0.05, 0) is 33.7 Å². The Bertz CT molecular complexity index is 255. The number of hydrogen-bond acceptors (Lipinski definition) is 3. The molecule has 1 heterocycles. The number of rotatable bonds is 2. The molecule has 106 valence electrons. The van der Waals surface area contributed by atoms with Crippen LogP contribution in [-0.2, 0) is 4.74 Å². The highest BCUT2D eigenvalue weighted by Crippen LogP contribution is 2.29. The fourth-order valence-electron chi connectivity index (χ4n) is 3.66. The number of likely N-dealkylation sites (N-methyl/N-ethyl adjacent to an activating group) is 1. The molecule has 18 heavy (non-hydrogen) atoms. The zero-order valence-corrected chi connectivity index (χ0v) is 12.4. The molecule has 2 fully saturated rings. The Morgan fingerprint density at radius 1 is 1.11 bits per heavy atom. The van der Waals surface area contributed by atoms with Crippen LogP contribution in [0, 0.1) is 0 Å². The van der Waals surface area contributed by atoms with E-state index in [2.05, 4.69) is 31.1 Å². The van der Waals surface area contributed by atoms with Gasteiger partial charge in [0.2, 0.25) is 0 Å². The zero-order chi connectivity index (χ0) is 13.0. The summed E-state index contributed by atoms with van der Waals surface area (Å²) in [5.74, 6) is 0. The number of ether oxygens (including phenoxy) is 1. The van der Waals surface area contributed by atoms with Crippen molar-refractivity contribution in [3.05, 3.63) is 0 Å². The molecule has 2 aliphatic rings. The van der Waals surface area contributed by atoms with Crippen molar-refractivity contribution >= 4 is 0 Å². The van der Waals surface area contributed by atoms with E-state index in [0.717, 1.165) is 19.8 Å². The van der Waals surface area contributed by atoms with Crippen LogP contribution in [0.15, 0.2) is 0 Å². The molecule has 3 nitrogen and oxygen atoms in total. The molecule has 0 aromatic rings. The maximum Gasteiger partial charge on any atom is 0.0645 e. The molecule has 0 aromatic heterocycles. The van der Waals surface area contributed by atoms with Crippen LogP contribution in [0.1, 0.15) is 52.4 Å². The first-order chi connectivity index (χ1) is 8.65. The zero-order valence-electron chi connectivity index (χ0n) is 12.4. The average Bonchev–Trinajstić information content (AvgIpc) is 2.30. The third-order valence-electron chi connectivity index (χ3n) is 4.71. The van der Waals surface area contributed by atoms with E-state index in [0.29, 0.717) is 12.1 Å². The largest absolute Gasteiger partial charge is 0.378 e. The van der Waals surface area contributed by atoms with Gasteiger partial charge in [0.05, 0.1) is 13.2 Å². The predicted molar refractivity (Wildman–Crippen MR) is 75.9 cm³/mol. The van der Waals surface area contributed by atoms with Gasteiger partial charge in [0.15, 0.2) is 0 Å². The lowest BCUT2D eigenvalue weighted by atomic mass is 9.87. The quantitative estimate of drug-likeness (QED) is 0.819. The Morgan fingerprint density at radius 3 is 2.50 bits per heavy atom. The van der Waals surface area contributed by atoms with Crippen molar-refractivity contribution < 1.29 is 4.74 Å². The first-order valence-electron chi connectivity index (χ1n) is 7.67. The summed E-state index contributed by atoms with van der Waals surface area (Å²) in [6.45, 7) is 7.53. The Morgan fingerprint density at radius 2 is 1.83 bits per heavy atom. The summed E-state index contributed by atoms with van der Waals surface area (Å²) in [6, 6.07) is 1.34. The van der Waals surface area contributed by atoms with E-state index in [9.17, 15) is 0 Å². The third-order valence-corrected chi connectivity index (χ3v) is 4.71. The molecule has 2 rings (SSSR count). The molecule has 3 heteroatoms. The van der Waals surface area contributed by atoms with Crippen LogP contribution in [-0.4, -0.2) is 49.3 Å². The standard InChI is InChI=1S/C15H30N2O/c1-15(2)12-18-11-10-17(15)14-9-7-5-4-6-8-13(14)16-3/h13-14,16H,4-12H2,1-3H3. The summed E-state index contributed by atoms with van der Waals surface area (Å²) in [6.07, 6.45) is 8.27. The summed E-state index contributed by atoms with van der Waals surface area (Å²) < 4.78 is 5.67. The van der Waals surface area contributed by atoms with E-state index < -0.39 is 0 Å². The van der Waals surface area contributed by atoms with Crippen LogP contribution in [0.25, 0.3) is 0 Å². The molecule has 1 saturated carbocycles. The lowest BCUT2D eigenvalue weighted by Gasteiger charge is -2.49. The van der Waals surface area contributed by atoms with Crippen LogP contribution < -0.4 is 5.32 Å². The minimum atomic E-state index is 0.192. The Hall–Kier alpha value is -0.120. The van der Waals surface area contributed by atoms with Crippen LogP contribution in [0.5, 0.6) is 0 Å². The highest BCUT2D eigenvalue weighted by molar-refractivity contribution is 4.94. The van der Waals surface area contributed by atoms with Gasteiger partial charge >= 0.3 is 0 Å². The lowest BCUT2D eigenvalue weighted by Crippen LogP contribution is -2.62. The van der Waals surface area contributed by atoms with E-state index in [4.69, 9.17) is 4.74 Å². The highest BCUT2D eigenvalue weighted by Gasteiger charge is 2.38. The van der Waals surface area contributed by atoms with Gasteiger partial charge in [0.1, 0.15) is 0 Å². The highest BCUT2D eigenvalue weighted by atomic mass is 16.5. The molecule has 1 aliphatic carbocycles. The maximum atomic E-state index is 5.67. The van der Waals surface area contributed by atoms with E-state index in [1.54, 1.807) is 0 Å². The summed E-state index contributed by atoms with van der Waals surface area (Å²) in [5, 5.41) is 3.57. The Balaban J connectivity index is 2.09. The molecule has 1 N–H and O–H groups in total. The van der Waals surface area contributed by atoms with Crippen molar-refractivity contribution in [2.24, 2.45) is 0 Å². The van der Waals surface area contributed by atoms with Gasteiger partial charge in [0, 0.05) is 24.2 Å². The lowest BCUT2D eigenvalue weighted by molar-refractivity contribution is -0.0813. The Kier molecular flexibility index (Phi) is 5.05. The minimum Gasteiger partial charge on any atom is -0.378 e. The molecular formula is C15H30N2O. The van der Waals surface area contributed by atoms with Gasteiger partial charge in [-0.25, -0.2) is 0 Å². The van der Waals surface area contributed by atoms with Gasteiger partial charge in [-0.15, -0.1) is 0 Å².